The van der Waals surface area contributed by atoms with E-state index in [1.165, 1.54) is 4.68 Å². The van der Waals surface area contributed by atoms with Gasteiger partial charge in [-0.05, 0) is 34.7 Å². The van der Waals surface area contributed by atoms with E-state index in [1.807, 2.05) is 0 Å². The summed E-state index contributed by atoms with van der Waals surface area (Å²) in [5.74, 6) is -0.652. The van der Waals surface area contributed by atoms with Crippen molar-refractivity contribution >= 4 is 16.8 Å². The SMILES string of the molecule is CS(=O)c1ccc(-c2nnnn2CC(=O)O)cc1. The maximum atomic E-state index is 11.2. The number of tetrazole rings is 1. The van der Waals surface area contributed by atoms with Gasteiger partial charge in [-0.3, -0.25) is 9.00 Å². The van der Waals surface area contributed by atoms with Crippen molar-refractivity contribution in [1.29, 1.82) is 0 Å². The molecule has 0 aliphatic heterocycles. The number of hydrogen-bond donors (Lipinski definition) is 1. The van der Waals surface area contributed by atoms with E-state index in [2.05, 4.69) is 15.5 Å². The van der Waals surface area contributed by atoms with Crippen molar-refractivity contribution in [3.05, 3.63) is 24.3 Å². The first-order valence-corrected chi connectivity index (χ1v) is 6.55. The van der Waals surface area contributed by atoms with E-state index in [0.717, 1.165) is 0 Å². The molecule has 0 saturated heterocycles. The fourth-order valence-corrected chi connectivity index (χ4v) is 1.96. The molecular weight excluding hydrogens is 256 g/mol. The third kappa shape index (κ3) is 2.59. The number of benzene rings is 1. The minimum atomic E-state index is -1.05. The number of aromatic nitrogens is 4. The van der Waals surface area contributed by atoms with Crippen LogP contribution in [0.2, 0.25) is 0 Å². The number of carbonyl (C=O) groups is 1. The number of nitrogens with zero attached hydrogens (tertiary/aromatic N) is 4. The first kappa shape index (κ1) is 12.4. The van der Waals surface area contributed by atoms with Gasteiger partial charge in [0.05, 0.1) is 0 Å². The third-order valence-corrected chi connectivity index (χ3v) is 3.20. The Kier molecular flexibility index (Phi) is 3.47. The standard InChI is InChI=1S/C10H10N4O3S/c1-18(17)8-4-2-7(3-5-8)10-11-12-13-14(10)6-9(15)16/h2-5H,6H2,1H3,(H,15,16). The second-order valence-electron chi connectivity index (χ2n) is 3.53. The number of rotatable bonds is 4. The number of carboxylic acid groups (broad SMARTS) is 1. The van der Waals surface area contributed by atoms with Gasteiger partial charge in [-0.15, -0.1) is 5.10 Å². The van der Waals surface area contributed by atoms with Crippen LogP contribution in [-0.4, -0.2) is 41.7 Å². The molecule has 7 nitrogen and oxygen atoms in total. The largest absolute Gasteiger partial charge is 0.480 e. The van der Waals surface area contributed by atoms with Crippen LogP contribution in [0.1, 0.15) is 0 Å². The number of aliphatic carboxylic acids is 1. The number of hydrogen-bond acceptors (Lipinski definition) is 5. The first-order chi connectivity index (χ1) is 8.58. The predicted molar refractivity (Wildman–Crippen MR) is 63.2 cm³/mol. The fraction of sp³-hybridized carbons (Fsp3) is 0.200. The minimum Gasteiger partial charge on any atom is -0.480 e. The summed E-state index contributed by atoms with van der Waals surface area (Å²) in [5, 5.41) is 19.5. The van der Waals surface area contributed by atoms with Crippen LogP contribution in [0.5, 0.6) is 0 Å². The summed E-state index contributed by atoms with van der Waals surface area (Å²) in [6, 6.07) is 6.82. The summed E-state index contributed by atoms with van der Waals surface area (Å²) < 4.78 is 12.4. The summed E-state index contributed by atoms with van der Waals surface area (Å²) in [6.45, 7) is -0.302. The Morgan fingerprint density at radius 2 is 2.06 bits per heavy atom. The molecule has 2 rings (SSSR count). The summed E-state index contributed by atoms with van der Waals surface area (Å²) in [5.41, 5.74) is 0.676. The van der Waals surface area contributed by atoms with Crippen LogP contribution in [0, 0.1) is 0 Å². The number of carboxylic acids is 1. The van der Waals surface area contributed by atoms with Crippen molar-refractivity contribution in [1.82, 2.24) is 20.2 Å². The maximum absolute atomic E-state index is 11.2. The van der Waals surface area contributed by atoms with Gasteiger partial charge in [0.15, 0.2) is 5.82 Å². The van der Waals surface area contributed by atoms with Gasteiger partial charge in [-0.25, -0.2) is 4.68 Å². The van der Waals surface area contributed by atoms with Gasteiger partial charge in [0.25, 0.3) is 0 Å². The van der Waals surface area contributed by atoms with E-state index < -0.39 is 16.8 Å². The molecule has 0 spiro atoms. The molecular formula is C10H10N4O3S. The molecule has 0 aliphatic carbocycles. The zero-order valence-electron chi connectivity index (χ0n) is 9.48. The Morgan fingerprint density at radius 1 is 1.39 bits per heavy atom. The Balaban J connectivity index is 2.34. The van der Waals surface area contributed by atoms with Crippen molar-refractivity contribution in [2.45, 2.75) is 11.4 Å². The molecule has 94 valence electrons. The van der Waals surface area contributed by atoms with Crippen LogP contribution in [0.3, 0.4) is 0 Å². The van der Waals surface area contributed by atoms with Gasteiger partial charge in [0, 0.05) is 27.5 Å². The molecule has 1 N–H and O–H groups in total. The van der Waals surface area contributed by atoms with Crippen molar-refractivity contribution in [2.24, 2.45) is 0 Å². The van der Waals surface area contributed by atoms with Crippen molar-refractivity contribution in [2.75, 3.05) is 6.26 Å². The van der Waals surface area contributed by atoms with Crippen LogP contribution in [0.4, 0.5) is 0 Å². The maximum Gasteiger partial charge on any atom is 0.325 e. The van der Waals surface area contributed by atoms with Crippen LogP contribution < -0.4 is 0 Å². The highest BCUT2D eigenvalue weighted by molar-refractivity contribution is 7.84. The molecule has 1 aromatic carbocycles. The molecule has 1 aromatic heterocycles. The third-order valence-electron chi connectivity index (χ3n) is 2.26. The molecule has 0 bridgehead atoms. The van der Waals surface area contributed by atoms with E-state index in [1.54, 1.807) is 30.5 Å². The second-order valence-corrected chi connectivity index (χ2v) is 4.91. The Labute approximate surface area is 105 Å². The van der Waals surface area contributed by atoms with Gasteiger partial charge in [-0.1, -0.05) is 0 Å². The van der Waals surface area contributed by atoms with Crippen molar-refractivity contribution in [3.8, 4) is 11.4 Å². The normalized spacial score (nSPS) is 12.3. The molecule has 0 radical (unpaired) electrons. The zero-order chi connectivity index (χ0) is 13.1. The fourth-order valence-electron chi connectivity index (χ4n) is 1.44. The molecule has 0 aliphatic rings. The highest BCUT2D eigenvalue weighted by atomic mass is 32.2. The summed E-state index contributed by atoms with van der Waals surface area (Å²) in [7, 11) is -1.05. The van der Waals surface area contributed by atoms with Crippen LogP contribution in [-0.2, 0) is 22.1 Å². The highest BCUT2D eigenvalue weighted by Gasteiger charge is 2.11. The van der Waals surface area contributed by atoms with E-state index in [9.17, 15) is 9.00 Å². The Hall–Kier alpha value is -2.09. The lowest BCUT2D eigenvalue weighted by molar-refractivity contribution is -0.137. The van der Waals surface area contributed by atoms with Gasteiger partial charge >= 0.3 is 5.97 Å². The van der Waals surface area contributed by atoms with E-state index >= 15 is 0 Å². The quantitative estimate of drug-likeness (QED) is 0.846. The Morgan fingerprint density at radius 3 is 2.61 bits per heavy atom. The molecule has 2 aromatic rings. The van der Waals surface area contributed by atoms with Gasteiger partial charge in [0.2, 0.25) is 0 Å². The molecule has 8 heteroatoms. The lowest BCUT2D eigenvalue weighted by Gasteiger charge is -2.02. The molecule has 0 amide bonds. The summed E-state index contributed by atoms with van der Waals surface area (Å²) >= 11 is 0. The molecule has 0 saturated carbocycles. The van der Waals surface area contributed by atoms with Gasteiger partial charge < -0.3 is 5.11 Å². The predicted octanol–water partition coefficient (Wildman–Crippen LogP) is 0.162. The monoisotopic (exact) mass is 266 g/mol. The lowest BCUT2D eigenvalue weighted by atomic mass is 10.2. The molecule has 1 atom stereocenters. The molecule has 1 heterocycles. The highest BCUT2D eigenvalue weighted by Crippen LogP contribution is 2.17. The van der Waals surface area contributed by atoms with E-state index in [-0.39, 0.29) is 6.54 Å². The smallest absolute Gasteiger partial charge is 0.325 e. The molecule has 1 unspecified atom stereocenters. The minimum absolute atomic E-state index is 0.302. The average Bonchev–Trinajstić information content (AvgIpc) is 2.76. The average molecular weight is 266 g/mol. The van der Waals surface area contributed by atoms with Crippen molar-refractivity contribution < 1.29 is 14.1 Å². The van der Waals surface area contributed by atoms with Gasteiger partial charge in [0.1, 0.15) is 6.54 Å². The Bertz CT molecular complexity index is 593. The first-order valence-electron chi connectivity index (χ1n) is 5.00. The molecule has 0 fully saturated rings. The van der Waals surface area contributed by atoms with Crippen LogP contribution in [0.25, 0.3) is 11.4 Å². The van der Waals surface area contributed by atoms with Crippen LogP contribution >= 0.6 is 0 Å². The van der Waals surface area contributed by atoms with Crippen molar-refractivity contribution in [3.63, 3.8) is 0 Å². The summed E-state index contributed by atoms with van der Waals surface area (Å²) in [6.07, 6.45) is 1.59. The second kappa shape index (κ2) is 5.05. The van der Waals surface area contributed by atoms with Gasteiger partial charge in [-0.2, -0.15) is 0 Å². The van der Waals surface area contributed by atoms with Crippen LogP contribution in [0.15, 0.2) is 29.2 Å². The van der Waals surface area contributed by atoms with E-state index in [0.29, 0.717) is 16.3 Å². The topological polar surface area (TPSA) is 98.0 Å². The molecule has 18 heavy (non-hydrogen) atoms. The summed E-state index contributed by atoms with van der Waals surface area (Å²) in [4.78, 5) is 11.3. The lowest BCUT2D eigenvalue weighted by Crippen LogP contribution is -2.11. The van der Waals surface area contributed by atoms with E-state index in [4.69, 9.17) is 5.11 Å². The zero-order valence-corrected chi connectivity index (χ0v) is 10.3.